The van der Waals surface area contributed by atoms with Gasteiger partial charge in [-0.2, -0.15) is 0 Å². The molecule has 1 aliphatic heterocycles. The van der Waals surface area contributed by atoms with Crippen LogP contribution in [0.1, 0.15) is 73.4 Å². The van der Waals surface area contributed by atoms with Gasteiger partial charge in [0.05, 0.1) is 21.7 Å². The first kappa shape index (κ1) is 24.1. The zero-order valence-electron chi connectivity index (χ0n) is 20.7. The Kier molecular flexibility index (Phi) is 5.55. The molecule has 0 saturated carbocycles. The molecule has 0 atom stereocenters. The van der Waals surface area contributed by atoms with Crippen LogP contribution in [0, 0.1) is 10.1 Å². The van der Waals surface area contributed by atoms with E-state index in [2.05, 4.69) is 0 Å². The molecule has 35 heavy (non-hydrogen) atoms. The number of non-ortho nitro benzene ring substituents is 1. The molecule has 0 unspecified atom stereocenters. The van der Waals surface area contributed by atoms with Crippen LogP contribution >= 0.6 is 0 Å². The summed E-state index contributed by atoms with van der Waals surface area (Å²) in [4.78, 5) is 38.3. The Morgan fingerprint density at radius 2 is 1.31 bits per heavy atom. The number of para-hydroxylation sites is 1. The van der Waals surface area contributed by atoms with Crippen LogP contribution in [0.25, 0.3) is 11.1 Å². The van der Waals surface area contributed by atoms with E-state index >= 15 is 0 Å². The van der Waals surface area contributed by atoms with Crippen molar-refractivity contribution in [3.05, 3.63) is 87.0 Å². The summed E-state index contributed by atoms with van der Waals surface area (Å²) >= 11 is 0. The van der Waals surface area contributed by atoms with E-state index < -0.39 is 16.7 Å². The number of carbonyl (C=O) groups is 2. The van der Waals surface area contributed by atoms with Crippen LogP contribution in [0.5, 0.6) is 5.75 Å². The Bertz CT molecular complexity index is 1360. The first-order chi connectivity index (χ1) is 16.2. The van der Waals surface area contributed by atoms with E-state index in [1.165, 1.54) is 12.1 Å². The maximum Gasteiger partial charge on any atom is 0.270 e. The molecule has 0 spiro atoms. The smallest absolute Gasteiger partial charge is 0.270 e. The fourth-order valence-corrected chi connectivity index (χ4v) is 4.41. The van der Waals surface area contributed by atoms with Crippen LogP contribution in [-0.2, 0) is 10.8 Å². The van der Waals surface area contributed by atoms with Crippen LogP contribution in [-0.4, -0.2) is 21.8 Å². The first-order valence-electron chi connectivity index (χ1n) is 11.4. The monoisotopic (exact) mass is 472 g/mol. The molecule has 7 nitrogen and oxygen atoms in total. The number of nitro benzene ring substituents is 1. The Morgan fingerprint density at radius 1 is 0.771 bits per heavy atom. The summed E-state index contributed by atoms with van der Waals surface area (Å²) in [5.41, 5.74) is 2.48. The topological polar surface area (TPSA) is 101 Å². The third kappa shape index (κ3) is 4.07. The average Bonchev–Trinajstić information content (AvgIpc) is 3.02. The molecule has 0 aliphatic carbocycles. The number of phenolic OH excluding ortho intramolecular Hbond substituents is 1. The van der Waals surface area contributed by atoms with Gasteiger partial charge in [0.25, 0.3) is 17.5 Å². The molecule has 0 radical (unpaired) electrons. The van der Waals surface area contributed by atoms with E-state index in [1.807, 2.05) is 65.8 Å². The van der Waals surface area contributed by atoms with Gasteiger partial charge in [-0.15, -0.1) is 0 Å². The summed E-state index contributed by atoms with van der Waals surface area (Å²) in [5, 5.41) is 22.3. The lowest BCUT2D eigenvalue weighted by Crippen LogP contribution is -2.29. The molecule has 1 heterocycles. The van der Waals surface area contributed by atoms with E-state index in [-0.39, 0.29) is 33.4 Å². The molecule has 0 saturated heterocycles. The third-order valence-electron chi connectivity index (χ3n) is 6.26. The fraction of sp³-hybridized carbons (Fsp3) is 0.286. The zero-order valence-corrected chi connectivity index (χ0v) is 20.7. The molecule has 1 N–H and O–H groups in total. The third-order valence-corrected chi connectivity index (χ3v) is 6.26. The van der Waals surface area contributed by atoms with Gasteiger partial charge in [0.1, 0.15) is 5.75 Å². The quantitative estimate of drug-likeness (QED) is 0.271. The summed E-state index contributed by atoms with van der Waals surface area (Å²) in [6, 6.07) is 14.6. The van der Waals surface area contributed by atoms with Crippen molar-refractivity contribution in [2.45, 2.75) is 52.4 Å². The highest BCUT2D eigenvalue weighted by Gasteiger charge is 2.39. The van der Waals surface area contributed by atoms with Crippen molar-refractivity contribution in [3.8, 4) is 16.9 Å². The van der Waals surface area contributed by atoms with Gasteiger partial charge in [0, 0.05) is 28.8 Å². The molecule has 4 rings (SSSR count). The largest absolute Gasteiger partial charge is 0.507 e. The molecular formula is C28H28N2O5. The number of hydrogen-bond acceptors (Lipinski definition) is 5. The van der Waals surface area contributed by atoms with Crippen LogP contribution in [0.4, 0.5) is 11.4 Å². The number of fused-ring (bicyclic) bond motifs is 1. The normalized spacial score (nSPS) is 13.8. The Balaban J connectivity index is 1.92. The van der Waals surface area contributed by atoms with Gasteiger partial charge < -0.3 is 5.11 Å². The SMILES string of the molecule is CC(C)(C)c1cc(-c2ccccc2N2C(=O)c3ccc([N+](=O)[O-])cc3C2=O)cc(C(C)(C)C)c1O. The second kappa shape index (κ2) is 8.05. The number of nitro groups is 1. The maximum absolute atomic E-state index is 13.3. The molecule has 0 fully saturated rings. The lowest BCUT2D eigenvalue weighted by atomic mass is 9.77. The summed E-state index contributed by atoms with van der Waals surface area (Å²) < 4.78 is 0. The number of anilines is 1. The Hall–Kier alpha value is -4.00. The molecule has 180 valence electrons. The zero-order chi connectivity index (χ0) is 25.9. The number of carbonyl (C=O) groups excluding carboxylic acids is 2. The predicted molar refractivity (Wildman–Crippen MR) is 135 cm³/mol. The molecule has 0 bridgehead atoms. The predicted octanol–water partition coefficient (Wildman–Crippen LogP) is 6.36. The van der Waals surface area contributed by atoms with Crippen molar-refractivity contribution in [3.63, 3.8) is 0 Å². The molecular weight excluding hydrogens is 444 g/mol. The highest BCUT2D eigenvalue weighted by atomic mass is 16.6. The minimum Gasteiger partial charge on any atom is -0.507 e. The minimum atomic E-state index is -0.605. The van der Waals surface area contributed by atoms with Gasteiger partial charge in [-0.25, -0.2) is 4.90 Å². The fourth-order valence-electron chi connectivity index (χ4n) is 4.41. The van der Waals surface area contributed by atoms with Crippen LogP contribution < -0.4 is 4.90 Å². The molecule has 3 aromatic carbocycles. The second-order valence-corrected chi connectivity index (χ2v) is 10.9. The van der Waals surface area contributed by atoms with E-state index in [0.29, 0.717) is 11.3 Å². The molecule has 0 aromatic heterocycles. The Morgan fingerprint density at radius 3 is 1.86 bits per heavy atom. The van der Waals surface area contributed by atoms with Gasteiger partial charge in [-0.3, -0.25) is 19.7 Å². The first-order valence-corrected chi connectivity index (χ1v) is 11.4. The summed E-state index contributed by atoms with van der Waals surface area (Å²) in [6.45, 7) is 12.1. The number of benzene rings is 3. The maximum atomic E-state index is 13.3. The second-order valence-electron chi connectivity index (χ2n) is 10.9. The minimum absolute atomic E-state index is 0.00969. The molecule has 1 aliphatic rings. The summed E-state index contributed by atoms with van der Waals surface area (Å²) in [5.74, 6) is -0.899. The van der Waals surface area contributed by atoms with E-state index in [4.69, 9.17) is 0 Å². The van der Waals surface area contributed by atoms with Crippen molar-refractivity contribution in [2.24, 2.45) is 0 Å². The van der Waals surface area contributed by atoms with Crippen LogP contribution in [0.3, 0.4) is 0 Å². The standard InChI is InChI=1S/C28H28N2O5/c1-27(2,3)21-13-16(14-22(24(21)31)28(4,5)6)18-9-7-8-10-23(18)29-25(32)19-12-11-17(30(34)35)15-20(19)26(29)33/h7-15,31H,1-6H3. The highest BCUT2D eigenvalue weighted by Crippen LogP contribution is 2.44. The van der Waals surface area contributed by atoms with Crippen molar-refractivity contribution >= 4 is 23.2 Å². The van der Waals surface area contributed by atoms with Gasteiger partial charge in [-0.05, 0) is 40.7 Å². The number of imide groups is 1. The number of nitrogens with zero attached hydrogens (tertiary/aromatic N) is 2. The van der Waals surface area contributed by atoms with Crippen molar-refractivity contribution in [1.82, 2.24) is 0 Å². The van der Waals surface area contributed by atoms with Gasteiger partial charge in [0.15, 0.2) is 0 Å². The summed E-state index contributed by atoms with van der Waals surface area (Å²) in [7, 11) is 0. The van der Waals surface area contributed by atoms with Gasteiger partial charge >= 0.3 is 0 Å². The van der Waals surface area contributed by atoms with E-state index in [0.717, 1.165) is 27.7 Å². The lowest BCUT2D eigenvalue weighted by Gasteiger charge is -2.29. The lowest BCUT2D eigenvalue weighted by molar-refractivity contribution is -0.384. The number of phenols is 1. The number of aromatic hydroxyl groups is 1. The number of rotatable bonds is 3. The number of hydrogen-bond donors (Lipinski definition) is 1. The molecule has 2 amide bonds. The highest BCUT2D eigenvalue weighted by molar-refractivity contribution is 6.35. The van der Waals surface area contributed by atoms with Crippen LogP contribution in [0.15, 0.2) is 54.6 Å². The Labute approximate surface area is 204 Å². The summed E-state index contributed by atoms with van der Waals surface area (Å²) in [6.07, 6.45) is 0. The van der Waals surface area contributed by atoms with Crippen molar-refractivity contribution < 1.29 is 19.6 Å². The van der Waals surface area contributed by atoms with Crippen molar-refractivity contribution in [2.75, 3.05) is 4.90 Å². The van der Waals surface area contributed by atoms with E-state index in [9.17, 15) is 24.8 Å². The van der Waals surface area contributed by atoms with Crippen molar-refractivity contribution in [1.29, 1.82) is 0 Å². The number of amides is 2. The average molecular weight is 473 g/mol. The van der Waals surface area contributed by atoms with Crippen LogP contribution in [0.2, 0.25) is 0 Å². The molecule has 3 aromatic rings. The van der Waals surface area contributed by atoms with E-state index in [1.54, 1.807) is 12.1 Å². The molecule has 7 heteroatoms. The van der Waals surface area contributed by atoms with Gasteiger partial charge in [-0.1, -0.05) is 59.7 Å². The van der Waals surface area contributed by atoms with Gasteiger partial charge in [0.2, 0.25) is 0 Å².